The van der Waals surface area contributed by atoms with Crippen molar-refractivity contribution in [2.45, 2.75) is 26.4 Å². The lowest BCUT2D eigenvalue weighted by molar-refractivity contribution is -0.122. The molecular formula is C25H23N5O2. The first-order valence-corrected chi connectivity index (χ1v) is 10.5. The molecule has 1 aromatic carbocycles. The zero-order valence-corrected chi connectivity index (χ0v) is 17.9. The number of hydrogen-bond donors (Lipinski definition) is 1. The number of nitrogens with one attached hydrogen (secondary N) is 1. The summed E-state index contributed by atoms with van der Waals surface area (Å²) in [4.78, 5) is 17.3. The zero-order chi connectivity index (χ0) is 22.1. The van der Waals surface area contributed by atoms with E-state index in [9.17, 15) is 4.79 Å². The van der Waals surface area contributed by atoms with Gasteiger partial charge in [0.25, 0.3) is 0 Å². The summed E-state index contributed by atoms with van der Waals surface area (Å²) in [6, 6.07) is 17.7. The van der Waals surface area contributed by atoms with Crippen molar-refractivity contribution >= 4 is 16.9 Å². The summed E-state index contributed by atoms with van der Waals surface area (Å²) in [5.41, 5.74) is 4.50. The van der Waals surface area contributed by atoms with Gasteiger partial charge in [0, 0.05) is 29.8 Å². The summed E-state index contributed by atoms with van der Waals surface area (Å²) in [6.07, 6.45) is 7.36. The first-order chi connectivity index (χ1) is 15.6. The molecule has 4 aromatic heterocycles. The van der Waals surface area contributed by atoms with Gasteiger partial charge in [0.2, 0.25) is 5.91 Å². The summed E-state index contributed by atoms with van der Waals surface area (Å²) >= 11 is 0. The van der Waals surface area contributed by atoms with Crippen molar-refractivity contribution in [3.63, 3.8) is 0 Å². The minimum absolute atomic E-state index is 0.0880. The van der Waals surface area contributed by atoms with Gasteiger partial charge in [-0.3, -0.25) is 4.79 Å². The third-order valence-electron chi connectivity index (χ3n) is 5.56. The van der Waals surface area contributed by atoms with Crippen LogP contribution in [0.4, 0.5) is 0 Å². The van der Waals surface area contributed by atoms with Gasteiger partial charge in [-0.1, -0.05) is 12.1 Å². The number of aromatic nitrogens is 4. The molecule has 0 spiro atoms. The SMILES string of the molecule is Cc1nn(CC(=O)NC(C)c2ccc(-n3cccc3)cc2)c2nccc(-c3ccco3)c12. The van der Waals surface area contributed by atoms with Crippen LogP contribution in [0.3, 0.4) is 0 Å². The lowest BCUT2D eigenvalue weighted by Crippen LogP contribution is -2.30. The molecule has 1 N–H and O–H groups in total. The number of aryl methyl sites for hydroxylation is 1. The van der Waals surface area contributed by atoms with Crippen LogP contribution in [0.1, 0.15) is 24.2 Å². The van der Waals surface area contributed by atoms with E-state index in [0.29, 0.717) is 5.65 Å². The number of nitrogens with zero attached hydrogens (tertiary/aromatic N) is 4. The highest BCUT2D eigenvalue weighted by molar-refractivity contribution is 5.93. The topological polar surface area (TPSA) is 77.9 Å². The zero-order valence-electron chi connectivity index (χ0n) is 17.9. The molecule has 0 radical (unpaired) electrons. The molecule has 1 unspecified atom stereocenters. The fraction of sp³-hybridized carbons (Fsp3) is 0.160. The number of pyridine rings is 1. The third kappa shape index (κ3) is 3.69. The average Bonchev–Trinajstić information content (AvgIpc) is 3.56. The Balaban J connectivity index is 1.32. The Kier molecular flexibility index (Phi) is 5.07. The van der Waals surface area contributed by atoms with Gasteiger partial charge >= 0.3 is 0 Å². The lowest BCUT2D eigenvalue weighted by atomic mass is 10.1. The van der Waals surface area contributed by atoms with E-state index >= 15 is 0 Å². The van der Waals surface area contributed by atoms with Gasteiger partial charge in [-0.2, -0.15) is 5.10 Å². The van der Waals surface area contributed by atoms with E-state index in [1.54, 1.807) is 17.1 Å². The van der Waals surface area contributed by atoms with Crippen molar-refractivity contribution in [3.05, 3.63) is 90.7 Å². The monoisotopic (exact) mass is 425 g/mol. The second kappa shape index (κ2) is 8.19. The first kappa shape index (κ1) is 19.8. The van der Waals surface area contributed by atoms with Crippen molar-refractivity contribution in [1.29, 1.82) is 0 Å². The van der Waals surface area contributed by atoms with E-state index in [0.717, 1.165) is 33.7 Å². The molecule has 160 valence electrons. The largest absolute Gasteiger partial charge is 0.464 e. The van der Waals surface area contributed by atoms with E-state index in [1.165, 1.54) is 0 Å². The average molecular weight is 425 g/mol. The highest BCUT2D eigenvalue weighted by Crippen LogP contribution is 2.30. The molecule has 0 saturated carbocycles. The Morgan fingerprint density at radius 2 is 1.88 bits per heavy atom. The van der Waals surface area contributed by atoms with Crippen LogP contribution < -0.4 is 5.32 Å². The predicted molar refractivity (Wildman–Crippen MR) is 122 cm³/mol. The van der Waals surface area contributed by atoms with Gasteiger partial charge in [-0.05, 0) is 61.9 Å². The molecule has 1 amide bonds. The minimum atomic E-state index is -0.129. The summed E-state index contributed by atoms with van der Waals surface area (Å²) in [5.74, 6) is 0.628. The number of fused-ring (bicyclic) bond motifs is 1. The van der Waals surface area contributed by atoms with Crippen molar-refractivity contribution < 1.29 is 9.21 Å². The standard InChI is InChI=1S/C25H23N5O2/c1-17(19-7-9-20(10-8-19)29-13-3-4-14-29)27-23(31)16-30-25-24(18(2)28-30)21(11-12-26-25)22-6-5-15-32-22/h3-15,17H,16H2,1-2H3,(H,27,31). The third-order valence-corrected chi connectivity index (χ3v) is 5.56. The number of benzene rings is 1. The number of carbonyl (C=O) groups excluding carboxylic acids is 1. The molecule has 0 aliphatic rings. The molecule has 0 aliphatic heterocycles. The van der Waals surface area contributed by atoms with E-state index in [1.807, 2.05) is 85.4 Å². The normalized spacial score (nSPS) is 12.2. The molecule has 7 heteroatoms. The van der Waals surface area contributed by atoms with Gasteiger partial charge in [-0.25, -0.2) is 9.67 Å². The minimum Gasteiger partial charge on any atom is -0.464 e. The van der Waals surface area contributed by atoms with Gasteiger partial charge in [0.05, 0.1) is 23.4 Å². The Hall–Kier alpha value is -4.13. The van der Waals surface area contributed by atoms with Crippen LogP contribution in [-0.4, -0.2) is 25.2 Å². The van der Waals surface area contributed by atoms with E-state index in [2.05, 4.69) is 15.4 Å². The van der Waals surface area contributed by atoms with Crippen LogP contribution in [0.2, 0.25) is 0 Å². The number of furan rings is 1. The Bertz CT molecular complexity index is 1350. The fourth-order valence-corrected chi connectivity index (χ4v) is 3.98. The fourth-order valence-electron chi connectivity index (χ4n) is 3.98. The molecule has 0 saturated heterocycles. The van der Waals surface area contributed by atoms with Gasteiger partial charge in [0.15, 0.2) is 5.65 Å². The number of hydrogen-bond acceptors (Lipinski definition) is 4. The molecule has 0 fully saturated rings. The quantitative estimate of drug-likeness (QED) is 0.429. The molecule has 0 bridgehead atoms. The number of amides is 1. The summed E-state index contributed by atoms with van der Waals surface area (Å²) in [7, 11) is 0. The molecule has 4 heterocycles. The maximum absolute atomic E-state index is 12.8. The number of carbonyl (C=O) groups is 1. The summed E-state index contributed by atoms with van der Waals surface area (Å²) < 4.78 is 9.25. The van der Waals surface area contributed by atoms with Crippen molar-refractivity contribution in [3.8, 4) is 17.0 Å². The van der Waals surface area contributed by atoms with Crippen LogP contribution in [0, 0.1) is 6.92 Å². The summed E-state index contributed by atoms with van der Waals surface area (Å²) in [5, 5.41) is 8.52. The summed E-state index contributed by atoms with van der Waals surface area (Å²) in [6.45, 7) is 3.98. The first-order valence-electron chi connectivity index (χ1n) is 10.5. The maximum atomic E-state index is 12.8. The van der Waals surface area contributed by atoms with E-state index < -0.39 is 0 Å². The number of rotatable bonds is 6. The molecule has 5 aromatic rings. The highest BCUT2D eigenvalue weighted by atomic mass is 16.3. The molecule has 5 rings (SSSR count). The second-order valence-corrected chi connectivity index (χ2v) is 7.75. The van der Waals surface area contributed by atoms with Gasteiger partial charge in [0.1, 0.15) is 12.3 Å². The van der Waals surface area contributed by atoms with Crippen LogP contribution in [-0.2, 0) is 11.3 Å². The predicted octanol–water partition coefficient (Wildman–Crippen LogP) is 4.67. The highest BCUT2D eigenvalue weighted by Gasteiger charge is 2.18. The van der Waals surface area contributed by atoms with Crippen LogP contribution >= 0.6 is 0 Å². The lowest BCUT2D eigenvalue weighted by Gasteiger charge is -2.15. The maximum Gasteiger partial charge on any atom is 0.242 e. The van der Waals surface area contributed by atoms with Crippen LogP contribution in [0.15, 0.2) is 83.9 Å². The molecular weight excluding hydrogens is 402 g/mol. The molecule has 1 atom stereocenters. The van der Waals surface area contributed by atoms with Crippen molar-refractivity contribution in [2.75, 3.05) is 0 Å². The van der Waals surface area contributed by atoms with Crippen LogP contribution in [0.5, 0.6) is 0 Å². The molecule has 0 aliphatic carbocycles. The van der Waals surface area contributed by atoms with E-state index in [-0.39, 0.29) is 18.5 Å². The van der Waals surface area contributed by atoms with Gasteiger partial charge in [-0.15, -0.1) is 0 Å². The molecule has 7 nitrogen and oxygen atoms in total. The van der Waals surface area contributed by atoms with E-state index in [4.69, 9.17) is 4.42 Å². The second-order valence-electron chi connectivity index (χ2n) is 7.75. The Morgan fingerprint density at radius 1 is 1.09 bits per heavy atom. The Morgan fingerprint density at radius 3 is 2.59 bits per heavy atom. The smallest absolute Gasteiger partial charge is 0.242 e. The van der Waals surface area contributed by atoms with Gasteiger partial charge < -0.3 is 14.3 Å². The van der Waals surface area contributed by atoms with Crippen LogP contribution in [0.25, 0.3) is 28.0 Å². The van der Waals surface area contributed by atoms with Crippen molar-refractivity contribution in [2.24, 2.45) is 0 Å². The Labute approximate surface area is 185 Å². The molecule has 32 heavy (non-hydrogen) atoms. The van der Waals surface area contributed by atoms with Crippen molar-refractivity contribution in [1.82, 2.24) is 24.6 Å².